The molecular formula is C14H19Cl2N3. The quantitative estimate of drug-likeness (QED) is 0.831. The molecule has 1 aromatic heterocycles. The van der Waals surface area contributed by atoms with Crippen LogP contribution in [0.25, 0.3) is 0 Å². The maximum absolute atomic E-state index is 5.85. The topological polar surface area (TPSA) is 40.7 Å². The van der Waals surface area contributed by atoms with E-state index in [0.717, 1.165) is 35.9 Å². The molecule has 104 valence electrons. The van der Waals surface area contributed by atoms with Gasteiger partial charge in [0, 0.05) is 22.8 Å². The standard InChI is InChI=1S/C14H18ClN3.ClH/c1-10-14(11(2)18-17-10)9-16-8-7-12-3-5-13(15)6-4-12;/h3-6,16H,7-9H2,1-2H3,(H,17,18);1H. The third-order valence-electron chi connectivity index (χ3n) is 3.09. The van der Waals surface area contributed by atoms with Crippen LogP contribution in [-0.2, 0) is 13.0 Å². The molecule has 3 nitrogen and oxygen atoms in total. The van der Waals surface area contributed by atoms with Gasteiger partial charge in [0.15, 0.2) is 0 Å². The third kappa shape index (κ3) is 4.53. The lowest BCUT2D eigenvalue weighted by atomic mass is 10.1. The molecule has 0 aliphatic carbocycles. The fraction of sp³-hybridized carbons (Fsp3) is 0.357. The van der Waals surface area contributed by atoms with Crippen molar-refractivity contribution in [2.24, 2.45) is 0 Å². The lowest BCUT2D eigenvalue weighted by Crippen LogP contribution is -2.17. The maximum atomic E-state index is 5.85. The first kappa shape index (κ1) is 16.0. The number of nitrogens with zero attached hydrogens (tertiary/aromatic N) is 1. The van der Waals surface area contributed by atoms with Crippen LogP contribution >= 0.6 is 24.0 Å². The summed E-state index contributed by atoms with van der Waals surface area (Å²) in [5.41, 5.74) is 4.79. The fourth-order valence-corrected chi connectivity index (χ4v) is 2.06. The molecule has 0 radical (unpaired) electrons. The van der Waals surface area contributed by atoms with Crippen LogP contribution < -0.4 is 5.32 Å². The van der Waals surface area contributed by atoms with Crippen molar-refractivity contribution in [2.45, 2.75) is 26.8 Å². The lowest BCUT2D eigenvalue weighted by Gasteiger charge is -2.05. The molecule has 0 unspecified atom stereocenters. The van der Waals surface area contributed by atoms with Crippen molar-refractivity contribution < 1.29 is 0 Å². The van der Waals surface area contributed by atoms with Crippen LogP contribution in [0.4, 0.5) is 0 Å². The summed E-state index contributed by atoms with van der Waals surface area (Å²) in [6, 6.07) is 8.00. The Morgan fingerprint density at radius 3 is 2.47 bits per heavy atom. The smallest absolute Gasteiger partial charge is 0.0638 e. The van der Waals surface area contributed by atoms with E-state index in [2.05, 4.69) is 34.6 Å². The molecule has 0 saturated carbocycles. The Bertz CT molecular complexity index is 486. The minimum Gasteiger partial charge on any atom is -0.312 e. The van der Waals surface area contributed by atoms with E-state index < -0.39 is 0 Å². The predicted octanol–water partition coefficient (Wildman–Crippen LogP) is 3.43. The maximum Gasteiger partial charge on any atom is 0.0638 e. The molecule has 2 aromatic rings. The zero-order valence-corrected chi connectivity index (χ0v) is 12.7. The van der Waals surface area contributed by atoms with Crippen LogP contribution in [0, 0.1) is 13.8 Å². The number of H-pyrrole nitrogens is 1. The Labute approximate surface area is 125 Å². The number of aromatic amines is 1. The number of rotatable bonds is 5. The van der Waals surface area contributed by atoms with Gasteiger partial charge < -0.3 is 5.32 Å². The van der Waals surface area contributed by atoms with Gasteiger partial charge >= 0.3 is 0 Å². The number of benzene rings is 1. The number of aromatic nitrogens is 2. The molecule has 2 rings (SSSR count). The average Bonchev–Trinajstić information content (AvgIpc) is 2.68. The molecule has 19 heavy (non-hydrogen) atoms. The van der Waals surface area contributed by atoms with Crippen LogP contribution in [0.5, 0.6) is 0 Å². The highest BCUT2D eigenvalue weighted by Gasteiger charge is 2.04. The van der Waals surface area contributed by atoms with Gasteiger partial charge in [-0.2, -0.15) is 5.10 Å². The van der Waals surface area contributed by atoms with Crippen molar-refractivity contribution in [3.05, 3.63) is 51.8 Å². The van der Waals surface area contributed by atoms with Gasteiger partial charge in [0.25, 0.3) is 0 Å². The normalized spacial score (nSPS) is 10.3. The Balaban J connectivity index is 0.00000180. The number of nitrogens with one attached hydrogen (secondary N) is 2. The zero-order chi connectivity index (χ0) is 13.0. The first-order valence-corrected chi connectivity index (χ1v) is 6.50. The first-order valence-electron chi connectivity index (χ1n) is 6.12. The molecule has 0 aliphatic heterocycles. The molecule has 1 heterocycles. The number of halogens is 2. The number of hydrogen-bond acceptors (Lipinski definition) is 2. The van der Waals surface area contributed by atoms with Crippen molar-refractivity contribution in [2.75, 3.05) is 6.54 Å². The van der Waals surface area contributed by atoms with Crippen molar-refractivity contribution in [3.63, 3.8) is 0 Å². The Kier molecular flexibility index (Phi) is 6.35. The first-order chi connectivity index (χ1) is 8.66. The summed E-state index contributed by atoms with van der Waals surface area (Å²) in [6.07, 6.45) is 1.01. The highest BCUT2D eigenvalue weighted by atomic mass is 35.5. The van der Waals surface area contributed by atoms with Gasteiger partial charge in [0.05, 0.1) is 5.69 Å². The Hall–Kier alpha value is -1.03. The summed E-state index contributed by atoms with van der Waals surface area (Å²) in [5.74, 6) is 0. The monoisotopic (exact) mass is 299 g/mol. The lowest BCUT2D eigenvalue weighted by molar-refractivity contribution is 0.682. The van der Waals surface area contributed by atoms with Crippen molar-refractivity contribution in [3.8, 4) is 0 Å². The fourth-order valence-electron chi connectivity index (χ4n) is 1.93. The van der Waals surface area contributed by atoms with E-state index in [1.54, 1.807) is 0 Å². The second-order valence-corrected chi connectivity index (χ2v) is 4.90. The minimum absolute atomic E-state index is 0. The van der Waals surface area contributed by atoms with E-state index in [-0.39, 0.29) is 12.4 Å². The van der Waals surface area contributed by atoms with E-state index >= 15 is 0 Å². The van der Waals surface area contributed by atoms with Gasteiger partial charge in [-0.15, -0.1) is 12.4 Å². The summed E-state index contributed by atoms with van der Waals surface area (Å²) in [5, 5.41) is 11.4. The van der Waals surface area contributed by atoms with Crippen molar-refractivity contribution in [1.82, 2.24) is 15.5 Å². The summed E-state index contributed by atoms with van der Waals surface area (Å²) in [4.78, 5) is 0. The molecule has 1 aromatic carbocycles. The van der Waals surface area contributed by atoms with Crippen LogP contribution in [0.15, 0.2) is 24.3 Å². The van der Waals surface area contributed by atoms with Crippen molar-refractivity contribution >= 4 is 24.0 Å². The van der Waals surface area contributed by atoms with E-state index in [9.17, 15) is 0 Å². The van der Waals surface area contributed by atoms with Gasteiger partial charge in [-0.25, -0.2) is 0 Å². The van der Waals surface area contributed by atoms with E-state index in [0.29, 0.717) is 0 Å². The highest BCUT2D eigenvalue weighted by molar-refractivity contribution is 6.30. The van der Waals surface area contributed by atoms with Crippen LogP contribution in [0.1, 0.15) is 22.5 Å². The average molecular weight is 300 g/mol. The molecule has 5 heteroatoms. The number of aryl methyl sites for hydroxylation is 2. The van der Waals surface area contributed by atoms with Crippen LogP contribution in [0.3, 0.4) is 0 Å². The predicted molar refractivity (Wildman–Crippen MR) is 82.2 cm³/mol. The van der Waals surface area contributed by atoms with E-state index in [4.69, 9.17) is 11.6 Å². The molecular weight excluding hydrogens is 281 g/mol. The molecule has 0 saturated heterocycles. The molecule has 0 fully saturated rings. The zero-order valence-electron chi connectivity index (χ0n) is 11.2. The van der Waals surface area contributed by atoms with Crippen molar-refractivity contribution in [1.29, 1.82) is 0 Å². The van der Waals surface area contributed by atoms with Crippen LogP contribution in [-0.4, -0.2) is 16.7 Å². The van der Waals surface area contributed by atoms with Gasteiger partial charge in [-0.1, -0.05) is 23.7 Å². The molecule has 0 amide bonds. The summed E-state index contributed by atoms with van der Waals surface area (Å²) in [7, 11) is 0. The summed E-state index contributed by atoms with van der Waals surface area (Å²) in [6.45, 7) is 5.89. The molecule has 0 bridgehead atoms. The highest BCUT2D eigenvalue weighted by Crippen LogP contribution is 2.10. The van der Waals surface area contributed by atoms with Crippen LogP contribution in [0.2, 0.25) is 5.02 Å². The van der Waals surface area contributed by atoms with Gasteiger partial charge in [0.2, 0.25) is 0 Å². The SMILES string of the molecule is Cc1n[nH]c(C)c1CNCCc1ccc(Cl)cc1.Cl. The summed E-state index contributed by atoms with van der Waals surface area (Å²) < 4.78 is 0. The molecule has 0 spiro atoms. The van der Waals surface area contributed by atoms with E-state index in [1.807, 2.05) is 19.1 Å². The third-order valence-corrected chi connectivity index (χ3v) is 3.34. The molecule has 2 N–H and O–H groups in total. The van der Waals surface area contributed by atoms with Gasteiger partial charge in [-0.05, 0) is 44.5 Å². The Morgan fingerprint density at radius 1 is 1.21 bits per heavy atom. The summed E-state index contributed by atoms with van der Waals surface area (Å²) >= 11 is 5.85. The minimum atomic E-state index is 0. The van der Waals surface area contributed by atoms with E-state index in [1.165, 1.54) is 11.1 Å². The molecule has 0 atom stereocenters. The largest absolute Gasteiger partial charge is 0.312 e. The Morgan fingerprint density at radius 2 is 1.89 bits per heavy atom. The second kappa shape index (κ2) is 7.53. The van der Waals surface area contributed by atoms with Gasteiger partial charge in [0.1, 0.15) is 0 Å². The number of hydrogen-bond donors (Lipinski definition) is 2. The second-order valence-electron chi connectivity index (χ2n) is 4.47. The molecule has 0 aliphatic rings. The van der Waals surface area contributed by atoms with Gasteiger partial charge in [-0.3, -0.25) is 5.10 Å².